The summed E-state index contributed by atoms with van der Waals surface area (Å²) in [5.74, 6) is -0.336. The minimum atomic E-state index is -0.880. The molecule has 2 aromatic rings. The lowest BCUT2D eigenvalue weighted by Gasteiger charge is -2.38. The third-order valence-corrected chi connectivity index (χ3v) is 5.17. The van der Waals surface area contributed by atoms with Gasteiger partial charge in [-0.15, -0.1) is 0 Å². The SMILES string of the molecule is CCc1ccc(NC(=O)C2(N)CCN(Cc3ccccc3F)CC2)cc1. The van der Waals surface area contributed by atoms with E-state index in [4.69, 9.17) is 5.73 Å². The fourth-order valence-electron chi connectivity index (χ4n) is 3.28. The molecule has 1 aliphatic rings. The average molecular weight is 355 g/mol. The predicted octanol–water partition coefficient (Wildman–Crippen LogP) is 3.32. The highest BCUT2D eigenvalue weighted by Gasteiger charge is 2.37. The first-order valence-corrected chi connectivity index (χ1v) is 9.15. The van der Waals surface area contributed by atoms with Crippen molar-refractivity contribution in [3.8, 4) is 0 Å². The standard InChI is InChI=1S/C21H26FN3O/c1-2-16-7-9-18(10-8-16)24-20(26)21(23)11-13-25(14-12-21)15-17-5-3-4-6-19(17)22/h3-10H,2,11-15,23H2,1H3,(H,24,26). The summed E-state index contributed by atoms with van der Waals surface area (Å²) < 4.78 is 13.8. The van der Waals surface area contributed by atoms with Crippen molar-refractivity contribution in [1.29, 1.82) is 0 Å². The van der Waals surface area contributed by atoms with Crippen molar-refractivity contribution in [3.63, 3.8) is 0 Å². The lowest BCUT2D eigenvalue weighted by atomic mass is 9.87. The van der Waals surface area contributed by atoms with Gasteiger partial charge in [0, 0.05) is 30.9 Å². The zero-order valence-electron chi connectivity index (χ0n) is 15.2. The fraction of sp³-hybridized carbons (Fsp3) is 0.381. The summed E-state index contributed by atoms with van der Waals surface area (Å²) in [6, 6.07) is 14.6. The van der Waals surface area contributed by atoms with Crippen molar-refractivity contribution >= 4 is 11.6 Å². The van der Waals surface area contributed by atoms with E-state index < -0.39 is 5.54 Å². The molecule has 1 fully saturated rings. The van der Waals surface area contributed by atoms with E-state index in [9.17, 15) is 9.18 Å². The van der Waals surface area contributed by atoms with Gasteiger partial charge in [-0.25, -0.2) is 4.39 Å². The lowest BCUT2D eigenvalue weighted by molar-refractivity contribution is -0.122. The smallest absolute Gasteiger partial charge is 0.244 e. The van der Waals surface area contributed by atoms with Gasteiger partial charge >= 0.3 is 0 Å². The summed E-state index contributed by atoms with van der Waals surface area (Å²) in [5.41, 5.74) is 8.18. The Morgan fingerprint density at radius 2 is 1.81 bits per heavy atom. The Morgan fingerprint density at radius 1 is 1.15 bits per heavy atom. The second-order valence-corrected chi connectivity index (χ2v) is 7.03. The summed E-state index contributed by atoms with van der Waals surface area (Å²) in [4.78, 5) is 14.8. The van der Waals surface area contributed by atoms with Crippen molar-refractivity contribution in [2.75, 3.05) is 18.4 Å². The Hall–Kier alpha value is -2.24. The van der Waals surface area contributed by atoms with Gasteiger partial charge in [0.05, 0.1) is 5.54 Å². The van der Waals surface area contributed by atoms with Crippen LogP contribution in [0.2, 0.25) is 0 Å². The molecule has 0 aromatic heterocycles. The number of rotatable bonds is 5. The molecule has 0 spiro atoms. The van der Waals surface area contributed by atoms with Crippen molar-refractivity contribution in [3.05, 3.63) is 65.5 Å². The van der Waals surface area contributed by atoms with Crippen LogP contribution in [0.25, 0.3) is 0 Å². The minimum Gasteiger partial charge on any atom is -0.324 e. The van der Waals surface area contributed by atoms with E-state index in [1.54, 1.807) is 12.1 Å². The molecule has 1 amide bonds. The van der Waals surface area contributed by atoms with Gasteiger partial charge in [0.25, 0.3) is 0 Å². The van der Waals surface area contributed by atoms with Crippen LogP contribution in [0.3, 0.4) is 0 Å². The number of nitrogens with one attached hydrogen (secondary N) is 1. The van der Waals surface area contributed by atoms with E-state index in [1.807, 2.05) is 30.3 Å². The zero-order valence-corrected chi connectivity index (χ0v) is 15.2. The van der Waals surface area contributed by atoms with Gasteiger partial charge in [0.1, 0.15) is 5.82 Å². The number of piperidine rings is 1. The van der Waals surface area contributed by atoms with Gasteiger partial charge < -0.3 is 11.1 Å². The molecule has 1 heterocycles. The molecule has 0 radical (unpaired) electrons. The van der Waals surface area contributed by atoms with Crippen molar-refractivity contribution in [2.24, 2.45) is 5.73 Å². The number of carbonyl (C=O) groups excluding carboxylic acids is 1. The maximum atomic E-state index is 13.8. The van der Waals surface area contributed by atoms with E-state index >= 15 is 0 Å². The number of likely N-dealkylation sites (tertiary alicyclic amines) is 1. The molecule has 3 N–H and O–H groups in total. The van der Waals surface area contributed by atoms with E-state index in [2.05, 4.69) is 17.1 Å². The van der Waals surface area contributed by atoms with Crippen LogP contribution < -0.4 is 11.1 Å². The average Bonchev–Trinajstić information content (AvgIpc) is 2.66. The zero-order chi connectivity index (χ0) is 18.6. The van der Waals surface area contributed by atoms with E-state index in [1.165, 1.54) is 11.6 Å². The summed E-state index contributed by atoms with van der Waals surface area (Å²) in [5, 5.41) is 2.93. The predicted molar refractivity (Wildman–Crippen MR) is 102 cm³/mol. The molecule has 1 saturated heterocycles. The van der Waals surface area contributed by atoms with Gasteiger partial charge in [0.2, 0.25) is 5.91 Å². The van der Waals surface area contributed by atoms with Crippen LogP contribution in [0.4, 0.5) is 10.1 Å². The first-order chi connectivity index (χ1) is 12.5. The largest absolute Gasteiger partial charge is 0.324 e. The third kappa shape index (κ3) is 4.29. The maximum Gasteiger partial charge on any atom is 0.244 e. The molecule has 0 unspecified atom stereocenters. The van der Waals surface area contributed by atoms with Gasteiger partial charge in [-0.05, 0) is 43.0 Å². The van der Waals surface area contributed by atoms with Crippen LogP contribution in [0.15, 0.2) is 48.5 Å². The van der Waals surface area contributed by atoms with Crippen LogP contribution in [0, 0.1) is 5.82 Å². The van der Waals surface area contributed by atoms with Gasteiger partial charge in [0.15, 0.2) is 0 Å². The molecular formula is C21H26FN3O. The molecule has 5 heteroatoms. The highest BCUT2D eigenvalue weighted by molar-refractivity contribution is 5.98. The molecule has 0 atom stereocenters. The summed E-state index contributed by atoms with van der Waals surface area (Å²) >= 11 is 0. The number of hydrogen-bond acceptors (Lipinski definition) is 3. The third-order valence-electron chi connectivity index (χ3n) is 5.17. The molecule has 0 saturated carbocycles. The van der Waals surface area contributed by atoms with Crippen molar-refractivity contribution < 1.29 is 9.18 Å². The summed E-state index contributed by atoms with van der Waals surface area (Å²) in [6.45, 7) is 3.99. The Balaban J connectivity index is 1.56. The van der Waals surface area contributed by atoms with Crippen LogP contribution in [-0.4, -0.2) is 29.4 Å². The first-order valence-electron chi connectivity index (χ1n) is 9.15. The normalized spacial score (nSPS) is 17.0. The molecule has 4 nitrogen and oxygen atoms in total. The molecular weight excluding hydrogens is 329 g/mol. The van der Waals surface area contributed by atoms with Crippen LogP contribution in [0.5, 0.6) is 0 Å². The number of benzene rings is 2. The first kappa shape index (κ1) is 18.5. The van der Waals surface area contributed by atoms with E-state index in [0.29, 0.717) is 38.0 Å². The Morgan fingerprint density at radius 3 is 2.42 bits per heavy atom. The fourth-order valence-corrected chi connectivity index (χ4v) is 3.28. The van der Waals surface area contributed by atoms with E-state index in [-0.39, 0.29) is 11.7 Å². The number of aryl methyl sites for hydroxylation is 1. The summed E-state index contributed by atoms with van der Waals surface area (Å²) in [6.07, 6.45) is 2.08. The van der Waals surface area contributed by atoms with Crippen LogP contribution >= 0.6 is 0 Å². The molecule has 0 bridgehead atoms. The topological polar surface area (TPSA) is 58.4 Å². The highest BCUT2D eigenvalue weighted by Crippen LogP contribution is 2.24. The number of hydrogen-bond donors (Lipinski definition) is 2. The molecule has 26 heavy (non-hydrogen) atoms. The lowest BCUT2D eigenvalue weighted by Crippen LogP contribution is -2.57. The van der Waals surface area contributed by atoms with Crippen LogP contribution in [0.1, 0.15) is 30.9 Å². The Labute approximate surface area is 154 Å². The van der Waals surface area contributed by atoms with Gasteiger partial charge in [-0.1, -0.05) is 37.3 Å². The Kier molecular flexibility index (Phi) is 5.69. The maximum absolute atomic E-state index is 13.8. The molecule has 3 rings (SSSR count). The van der Waals surface area contributed by atoms with Gasteiger partial charge in [-0.3, -0.25) is 9.69 Å². The second kappa shape index (κ2) is 7.98. The van der Waals surface area contributed by atoms with Gasteiger partial charge in [-0.2, -0.15) is 0 Å². The molecule has 138 valence electrons. The number of nitrogens with two attached hydrogens (primary N) is 1. The van der Waals surface area contributed by atoms with Crippen molar-refractivity contribution in [2.45, 2.75) is 38.3 Å². The van der Waals surface area contributed by atoms with E-state index in [0.717, 1.165) is 12.1 Å². The number of carbonyl (C=O) groups is 1. The highest BCUT2D eigenvalue weighted by atomic mass is 19.1. The number of anilines is 1. The second-order valence-electron chi connectivity index (χ2n) is 7.03. The summed E-state index contributed by atoms with van der Waals surface area (Å²) in [7, 11) is 0. The number of halogens is 1. The Bertz CT molecular complexity index is 752. The monoisotopic (exact) mass is 355 g/mol. The molecule has 1 aliphatic heterocycles. The van der Waals surface area contributed by atoms with Crippen LogP contribution in [-0.2, 0) is 17.8 Å². The van der Waals surface area contributed by atoms with Crippen molar-refractivity contribution in [1.82, 2.24) is 4.90 Å². The quantitative estimate of drug-likeness (QED) is 0.865. The minimum absolute atomic E-state index is 0.146. The number of amides is 1. The molecule has 0 aliphatic carbocycles. The molecule has 2 aromatic carbocycles. The number of nitrogens with zero attached hydrogens (tertiary/aromatic N) is 1.